The van der Waals surface area contributed by atoms with Gasteiger partial charge in [-0.3, -0.25) is 14.5 Å². The number of nitrogens with one attached hydrogen (secondary N) is 1. The van der Waals surface area contributed by atoms with Gasteiger partial charge in [0.05, 0.1) is 12.3 Å². The van der Waals surface area contributed by atoms with Gasteiger partial charge in [-0.05, 0) is 73.9 Å². The van der Waals surface area contributed by atoms with Crippen molar-refractivity contribution in [3.63, 3.8) is 0 Å². The van der Waals surface area contributed by atoms with Crippen LogP contribution in [0.1, 0.15) is 44.7 Å². The molecule has 3 aromatic rings. The number of halogens is 2. The van der Waals surface area contributed by atoms with Gasteiger partial charge in [0.1, 0.15) is 16.9 Å². The molecule has 0 aliphatic carbocycles. The van der Waals surface area contributed by atoms with Crippen molar-refractivity contribution in [2.75, 3.05) is 16.8 Å². The maximum atomic E-state index is 14.0. The second-order valence-electron chi connectivity index (χ2n) is 8.35. The molecule has 8 heteroatoms. The molecule has 6 nitrogen and oxygen atoms in total. The minimum atomic E-state index is -1.72. The number of amides is 2. The molecular weight excluding hydrogens is 459 g/mol. The summed E-state index contributed by atoms with van der Waals surface area (Å²) in [6, 6.07) is 17.2. The summed E-state index contributed by atoms with van der Waals surface area (Å²) < 4.78 is 14.0. The minimum absolute atomic E-state index is 0.0573. The van der Waals surface area contributed by atoms with Crippen molar-refractivity contribution in [3.05, 3.63) is 94.8 Å². The van der Waals surface area contributed by atoms with Crippen molar-refractivity contribution in [2.24, 2.45) is 0 Å². The molecule has 1 aliphatic heterocycles. The van der Waals surface area contributed by atoms with Gasteiger partial charge in [0, 0.05) is 22.4 Å². The Morgan fingerprint density at radius 3 is 2.53 bits per heavy atom. The molecule has 3 aromatic carbocycles. The Balaban J connectivity index is 1.61. The first-order valence-corrected chi connectivity index (χ1v) is 11.2. The van der Waals surface area contributed by atoms with Crippen molar-refractivity contribution in [3.8, 4) is 0 Å². The first kappa shape index (κ1) is 23.9. The van der Waals surface area contributed by atoms with Crippen LogP contribution in [0.15, 0.2) is 66.7 Å². The average molecular weight is 483 g/mol. The van der Waals surface area contributed by atoms with Crippen LogP contribution < -0.4 is 10.2 Å². The van der Waals surface area contributed by atoms with Gasteiger partial charge in [0.25, 0.3) is 11.8 Å². The van der Waals surface area contributed by atoms with E-state index in [4.69, 9.17) is 11.6 Å². The van der Waals surface area contributed by atoms with E-state index in [1.807, 2.05) is 19.1 Å². The highest BCUT2D eigenvalue weighted by atomic mass is 35.5. The second kappa shape index (κ2) is 9.54. The highest BCUT2D eigenvalue weighted by Crippen LogP contribution is 2.41. The van der Waals surface area contributed by atoms with E-state index in [0.717, 1.165) is 11.6 Å². The Kier molecular flexibility index (Phi) is 6.70. The first-order chi connectivity index (χ1) is 16.2. The SMILES string of the molecule is Cc1ccccc1C(=O)Nc1ccc(C(=O)N2c3ccc(F)cc3C(O)(CO)CCC2Cl)cc1. The van der Waals surface area contributed by atoms with E-state index in [-0.39, 0.29) is 30.0 Å². The van der Waals surface area contributed by atoms with E-state index < -0.39 is 29.4 Å². The summed E-state index contributed by atoms with van der Waals surface area (Å²) in [5.41, 5.74) is 0.00760. The van der Waals surface area contributed by atoms with Crippen LogP contribution in [0, 0.1) is 12.7 Å². The number of aryl methyl sites for hydroxylation is 1. The summed E-state index contributed by atoms with van der Waals surface area (Å²) in [4.78, 5) is 27.3. The molecule has 0 saturated heterocycles. The fourth-order valence-corrected chi connectivity index (χ4v) is 4.43. The lowest BCUT2D eigenvalue weighted by atomic mass is 9.89. The molecule has 0 radical (unpaired) electrons. The molecule has 0 bridgehead atoms. The highest BCUT2D eigenvalue weighted by molar-refractivity contribution is 6.26. The molecule has 1 heterocycles. The van der Waals surface area contributed by atoms with E-state index in [9.17, 15) is 24.2 Å². The number of aliphatic hydroxyl groups excluding tert-OH is 1. The number of carbonyl (C=O) groups excluding carboxylic acids is 2. The Morgan fingerprint density at radius 2 is 1.85 bits per heavy atom. The van der Waals surface area contributed by atoms with Gasteiger partial charge in [-0.1, -0.05) is 29.8 Å². The molecule has 4 rings (SSSR count). The Hall–Kier alpha value is -3.26. The van der Waals surface area contributed by atoms with E-state index >= 15 is 0 Å². The number of nitrogens with zero attached hydrogens (tertiary/aromatic N) is 1. The second-order valence-corrected chi connectivity index (χ2v) is 8.85. The third-order valence-corrected chi connectivity index (χ3v) is 6.47. The van der Waals surface area contributed by atoms with Crippen LogP contribution in [0.25, 0.3) is 0 Å². The van der Waals surface area contributed by atoms with Crippen LogP contribution in [0.3, 0.4) is 0 Å². The van der Waals surface area contributed by atoms with Crippen molar-refractivity contribution in [1.82, 2.24) is 0 Å². The maximum absolute atomic E-state index is 14.0. The Morgan fingerprint density at radius 1 is 1.15 bits per heavy atom. The largest absolute Gasteiger partial charge is 0.393 e. The van der Waals surface area contributed by atoms with E-state index in [1.165, 1.54) is 17.0 Å². The number of hydrogen-bond donors (Lipinski definition) is 3. The van der Waals surface area contributed by atoms with Crippen molar-refractivity contribution >= 4 is 34.8 Å². The van der Waals surface area contributed by atoms with Crippen molar-refractivity contribution < 1.29 is 24.2 Å². The predicted molar refractivity (Wildman–Crippen MR) is 129 cm³/mol. The molecule has 2 unspecified atom stereocenters. The number of alkyl halides is 1. The molecule has 1 aliphatic rings. The third kappa shape index (κ3) is 4.55. The molecule has 2 amide bonds. The number of benzene rings is 3. The number of anilines is 2. The zero-order chi connectivity index (χ0) is 24.5. The van der Waals surface area contributed by atoms with Gasteiger partial charge in [-0.2, -0.15) is 0 Å². The van der Waals surface area contributed by atoms with Gasteiger partial charge in [0.2, 0.25) is 0 Å². The minimum Gasteiger partial charge on any atom is -0.393 e. The van der Waals surface area contributed by atoms with Crippen LogP contribution in [0.5, 0.6) is 0 Å². The number of carbonyl (C=O) groups is 2. The summed E-state index contributed by atoms with van der Waals surface area (Å²) in [5, 5.41) is 23.5. The van der Waals surface area contributed by atoms with Crippen molar-refractivity contribution in [2.45, 2.75) is 30.9 Å². The average Bonchev–Trinajstić information content (AvgIpc) is 2.94. The highest BCUT2D eigenvalue weighted by Gasteiger charge is 2.40. The van der Waals surface area contributed by atoms with E-state index in [2.05, 4.69) is 5.32 Å². The molecule has 0 aromatic heterocycles. The fourth-order valence-electron chi connectivity index (χ4n) is 4.13. The lowest BCUT2D eigenvalue weighted by Gasteiger charge is -2.29. The molecule has 3 N–H and O–H groups in total. The maximum Gasteiger partial charge on any atom is 0.259 e. The lowest BCUT2D eigenvalue weighted by molar-refractivity contribution is -0.0257. The summed E-state index contributed by atoms with van der Waals surface area (Å²) in [5.74, 6) is -1.31. The standard InChI is InChI=1S/C26H24ClFN2O4/c1-16-4-2-3-5-20(16)24(32)29-19-9-6-17(7-10-19)25(33)30-22-11-8-18(28)14-21(22)26(34,15-31)13-12-23(30)27/h2-11,14,23,31,34H,12-13,15H2,1H3,(H,29,32). The molecule has 34 heavy (non-hydrogen) atoms. The predicted octanol–water partition coefficient (Wildman–Crippen LogP) is 4.57. The van der Waals surface area contributed by atoms with Gasteiger partial charge in [-0.25, -0.2) is 4.39 Å². The zero-order valence-corrected chi connectivity index (χ0v) is 19.2. The number of fused-ring (bicyclic) bond motifs is 1. The van der Waals surface area contributed by atoms with Crippen LogP contribution in [0.4, 0.5) is 15.8 Å². The van der Waals surface area contributed by atoms with E-state index in [0.29, 0.717) is 16.8 Å². The Labute approximate surface area is 201 Å². The quantitative estimate of drug-likeness (QED) is 0.375. The smallest absolute Gasteiger partial charge is 0.259 e. The normalized spacial score (nSPS) is 19.8. The molecular formula is C26H24ClFN2O4. The van der Waals surface area contributed by atoms with Gasteiger partial charge in [-0.15, -0.1) is 0 Å². The monoisotopic (exact) mass is 482 g/mol. The molecule has 2 atom stereocenters. The molecule has 176 valence electrons. The summed E-state index contributed by atoms with van der Waals surface area (Å²) in [6.45, 7) is 1.21. The van der Waals surface area contributed by atoms with Crippen LogP contribution in [-0.4, -0.2) is 34.1 Å². The van der Waals surface area contributed by atoms with Gasteiger partial charge >= 0.3 is 0 Å². The fraction of sp³-hybridized carbons (Fsp3) is 0.231. The van der Waals surface area contributed by atoms with Gasteiger partial charge < -0.3 is 15.5 Å². The molecule has 0 spiro atoms. The summed E-state index contributed by atoms with van der Waals surface area (Å²) in [7, 11) is 0. The van der Waals surface area contributed by atoms with Crippen LogP contribution in [0.2, 0.25) is 0 Å². The lowest BCUT2D eigenvalue weighted by Crippen LogP contribution is -2.37. The topological polar surface area (TPSA) is 89.9 Å². The van der Waals surface area contributed by atoms with E-state index in [1.54, 1.807) is 36.4 Å². The summed E-state index contributed by atoms with van der Waals surface area (Å²) in [6.07, 6.45) is 0.243. The van der Waals surface area contributed by atoms with Gasteiger partial charge in [0.15, 0.2) is 0 Å². The number of hydrogen-bond acceptors (Lipinski definition) is 4. The number of aliphatic hydroxyl groups is 2. The molecule has 0 fully saturated rings. The first-order valence-electron chi connectivity index (χ1n) is 10.8. The Bertz CT molecular complexity index is 1230. The van der Waals surface area contributed by atoms with Crippen LogP contribution in [-0.2, 0) is 5.60 Å². The number of rotatable bonds is 4. The summed E-state index contributed by atoms with van der Waals surface area (Å²) >= 11 is 6.53. The molecule has 0 saturated carbocycles. The third-order valence-electron chi connectivity index (χ3n) is 6.06. The van der Waals surface area contributed by atoms with Crippen LogP contribution >= 0.6 is 11.6 Å². The van der Waals surface area contributed by atoms with Crippen molar-refractivity contribution in [1.29, 1.82) is 0 Å². The zero-order valence-electron chi connectivity index (χ0n) is 18.5.